The van der Waals surface area contributed by atoms with Crippen molar-refractivity contribution in [3.05, 3.63) is 71.8 Å². The Hall–Kier alpha value is -2.52. The number of nitrogens with two attached hydrogens (primary N) is 1. The van der Waals surface area contributed by atoms with Crippen molar-refractivity contribution < 1.29 is 9.47 Å². The molecule has 0 heterocycles. The van der Waals surface area contributed by atoms with Crippen LogP contribution in [-0.4, -0.2) is 20.3 Å². The highest BCUT2D eigenvalue weighted by molar-refractivity contribution is 5.87. The average Bonchev–Trinajstić information content (AvgIpc) is 2.70. The first-order chi connectivity index (χ1) is 12.8. The predicted molar refractivity (Wildman–Crippen MR) is 108 cm³/mol. The summed E-state index contributed by atoms with van der Waals surface area (Å²) in [6.45, 7) is 3.41. The molecular weight excluding hydrogens is 322 g/mol. The van der Waals surface area contributed by atoms with Gasteiger partial charge in [-0.05, 0) is 53.9 Å². The van der Waals surface area contributed by atoms with E-state index in [1.165, 1.54) is 21.9 Å². The molecule has 3 aromatic rings. The first-order valence-corrected chi connectivity index (χ1v) is 9.24. The fourth-order valence-electron chi connectivity index (χ4n) is 3.38. The molecule has 0 fully saturated rings. The number of benzene rings is 3. The van der Waals surface area contributed by atoms with Crippen LogP contribution in [0.25, 0.3) is 10.8 Å². The van der Waals surface area contributed by atoms with Gasteiger partial charge in [-0.1, -0.05) is 49.4 Å². The summed E-state index contributed by atoms with van der Waals surface area (Å²) in [6.07, 6.45) is 1.83. The van der Waals surface area contributed by atoms with Gasteiger partial charge in [0.15, 0.2) is 0 Å². The van der Waals surface area contributed by atoms with Gasteiger partial charge in [0.05, 0.1) is 13.7 Å². The van der Waals surface area contributed by atoms with Gasteiger partial charge in [0.2, 0.25) is 0 Å². The number of methoxy groups -OCH3 is 1. The maximum Gasteiger partial charge on any atom is 0.122 e. The number of ether oxygens (including phenoxy) is 2. The smallest absolute Gasteiger partial charge is 0.122 e. The van der Waals surface area contributed by atoms with Crippen LogP contribution in [0.2, 0.25) is 0 Å². The van der Waals surface area contributed by atoms with Crippen LogP contribution in [0.5, 0.6) is 11.5 Å². The fourth-order valence-corrected chi connectivity index (χ4v) is 3.38. The van der Waals surface area contributed by atoms with Crippen LogP contribution in [0.4, 0.5) is 0 Å². The van der Waals surface area contributed by atoms with Crippen molar-refractivity contribution in [2.24, 2.45) is 5.73 Å². The zero-order valence-corrected chi connectivity index (χ0v) is 15.6. The summed E-state index contributed by atoms with van der Waals surface area (Å²) in [4.78, 5) is 0. The summed E-state index contributed by atoms with van der Waals surface area (Å²) >= 11 is 0. The zero-order chi connectivity index (χ0) is 18.4. The second-order valence-corrected chi connectivity index (χ2v) is 6.53. The normalized spacial score (nSPS) is 12.1. The zero-order valence-electron chi connectivity index (χ0n) is 15.6. The maximum absolute atomic E-state index is 6.16. The van der Waals surface area contributed by atoms with Crippen molar-refractivity contribution in [1.82, 2.24) is 0 Å². The number of hydrogen-bond acceptors (Lipinski definition) is 3. The quantitative estimate of drug-likeness (QED) is 0.627. The van der Waals surface area contributed by atoms with Gasteiger partial charge >= 0.3 is 0 Å². The van der Waals surface area contributed by atoms with Gasteiger partial charge in [0.25, 0.3) is 0 Å². The molecule has 0 bridgehead atoms. The van der Waals surface area contributed by atoms with Crippen LogP contribution in [0, 0.1) is 0 Å². The van der Waals surface area contributed by atoms with Crippen LogP contribution >= 0.6 is 0 Å². The van der Waals surface area contributed by atoms with E-state index in [1.54, 1.807) is 7.11 Å². The lowest BCUT2D eigenvalue weighted by atomic mass is 9.89. The minimum Gasteiger partial charge on any atom is -0.496 e. The van der Waals surface area contributed by atoms with Gasteiger partial charge in [-0.2, -0.15) is 0 Å². The van der Waals surface area contributed by atoms with E-state index < -0.39 is 0 Å². The third-order valence-corrected chi connectivity index (χ3v) is 4.75. The van der Waals surface area contributed by atoms with Crippen LogP contribution in [0.3, 0.4) is 0 Å². The van der Waals surface area contributed by atoms with E-state index in [1.807, 2.05) is 18.2 Å². The molecule has 0 saturated carbocycles. The molecule has 0 saturated heterocycles. The van der Waals surface area contributed by atoms with Crippen LogP contribution in [0.15, 0.2) is 60.7 Å². The third-order valence-electron chi connectivity index (χ3n) is 4.75. The Morgan fingerprint density at radius 2 is 1.85 bits per heavy atom. The fraction of sp³-hybridized carbons (Fsp3) is 0.304. The summed E-state index contributed by atoms with van der Waals surface area (Å²) in [5.74, 6) is 2.04. The molecule has 3 aromatic carbocycles. The third kappa shape index (κ3) is 4.00. The lowest BCUT2D eigenvalue weighted by molar-refractivity contribution is 0.317. The molecule has 2 N–H and O–H groups in total. The van der Waals surface area contributed by atoms with Gasteiger partial charge in [-0.3, -0.25) is 0 Å². The molecule has 0 aromatic heterocycles. The minimum absolute atomic E-state index is 0.208. The summed E-state index contributed by atoms with van der Waals surface area (Å²) in [6, 6.07) is 20.9. The van der Waals surface area contributed by atoms with Crippen LogP contribution < -0.4 is 15.2 Å². The largest absolute Gasteiger partial charge is 0.496 e. The van der Waals surface area contributed by atoms with Gasteiger partial charge in [-0.25, -0.2) is 0 Å². The van der Waals surface area contributed by atoms with E-state index in [4.69, 9.17) is 15.2 Å². The molecule has 3 nitrogen and oxygen atoms in total. The molecule has 0 radical (unpaired) electrons. The monoisotopic (exact) mass is 349 g/mol. The molecule has 0 aliphatic heterocycles. The number of fused-ring (bicyclic) bond motifs is 1. The summed E-state index contributed by atoms with van der Waals surface area (Å²) in [5, 5.41) is 2.45. The lowest BCUT2D eigenvalue weighted by Crippen LogP contribution is -2.16. The topological polar surface area (TPSA) is 44.5 Å². The Labute approximate surface area is 155 Å². The van der Waals surface area contributed by atoms with Gasteiger partial charge in [0.1, 0.15) is 11.5 Å². The average molecular weight is 349 g/mol. The Bertz CT molecular complexity index is 860. The minimum atomic E-state index is 0.208. The molecule has 0 aliphatic carbocycles. The van der Waals surface area contributed by atoms with Gasteiger partial charge in [0, 0.05) is 11.5 Å². The van der Waals surface area contributed by atoms with E-state index in [0.717, 1.165) is 30.9 Å². The molecule has 26 heavy (non-hydrogen) atoms. The van der Waals surface area contributed by atoms with Crippen molar-refractivity contribution in [3.8, 4) is 11.5 Å². The van der Waals surface area contributed by atoms with Crippen molar-refractivity contribution in [3.63, 3.8) is 0 Å². The first kappa shape index (κ1) is 18.3. The highest BCUT2D eigenvalue weighted by atomic mass is 16.5. The van der Waals surface area contributed by atoms with Gasteiger partial charge in [-0.15, -0.1) is 0 Å². The molecular formula is C23H27NO2. The van der Waals surface area contributed by atoms with Crippen molar-refractivity contribution in [1.29, 1.82) is 0 Å². The molecule has 136 valence electrons. The van der Waals surface area contributed by atoms with Crippen molar-refractivity contribution in [2.75, 3.05) is 20.3 Å². The Morgan fingerprint density at radius 3 is 2.62 bits per heavy atom. The molecule has 0 spiro atoms. The van der Waals surface area contributed by atoms with E-state index in [0.29, 0.717) is 6.54 Å². The highest BCUT2D eigenvalue weighted by Gasteiger charge is 2.16. The van der Waals surface area contributed by atoms with Gasteiger partial charge < -0.3 is 15.2 Å². The summed E-state index contributed by atoms with van der Waals surface area (Å²) in [5.41, 5.74) is 8.57. The summed E-state index contributed by atoms with van der Waals surface area (Å²) in [7, 11) is 1.73. The van der Waals surface area contributed by atoms with E-state index in [-0.39, 0.29) is 5.92 Å². The molecule has 3 rings (SSSR count). The molecule has 1 atom stereocenters. The Morgan fingerprint density at radius 1 is 1.00 bits per heavy atom. The lowest BCUT2D eigenvalue weighted by Gasteiger charge is -2.20. The number of hydrogen-bond donors (Lipinski definition) is 1. The Kier molecular flexibility index (Phi) is 6.13. The Balaban J connectivity index is 1.95. The first-order valence-electron chi connectivity index (χ1n) is 9.24. The standard InChI is InChI=1S/C23H27NO2/c1-3-13-26-20-9-6-8-18(14-20)19(16-24)15-22-21-10-5-4-7-17(21)11-12-23(22)25-2/h4-12,14,19H,3,13,15-16,24H2,1-2H3. The van der Waals surface area contributed by atoms with Crippen molar-refractivity contribution >= 4 is 10.8 Å². The number of rotatable bonds is 8. The second kappa shape index (κ2) is 8.72. The van der Waals surface area contributed by atoms with E-state index in [2.05, 4.69) is 49.4 Å². The maximum atomic E-state index is 6.16. The van der Waals surface area contributed by atoms with Crippen LogP contribution in [0.1, 0.15) is 30.4 Å². The molecule has 1 unspecified atom stereocenters. The highest BCUT2D eigenvalue weighted by Crippen LogP contribution is 2.33. The SMILES string of the molecule is CCCOc1cccc(C(CN)Cc2c(OC)ccc3ccccc23)c1. The van der Waals surface area contributed by atoms with E-state index >= 15 is 0 Å². The van der Waals surface area contributed by atoms with E-state index in [9.17, 15) is 0 Å². The predicted octanol–water partition coefficient (Wildman–Crippen LogP) is 4.92. The van der Waals surface area contributed by atoms with Crippen LogP contribution in [-0.2, 0) is 6.42 Å². The molecule has 0 amide bonds. The molecule has 0 aliphatic rings. The second-order valence-electron chi connectivity index (χ2n) is 6.53. The van der Waals surface area contributed by atoms with Crippen molar-refractivity contribution in [2.45, 2.75) is 25.7 Å². The molecule has 3 heteroatoms. The summed E-state index contributed by atoms with van der Waals surface area (Å²) < 4.78 is 11.4.